The molecule has 166 valence electrons. The largest absolute Gasteiger partial charge is 0.375 e. The van der Waals surface area contributed by atoms with Gasteiger partial charge in [0.2, 0.25) is 11.8 Å². The first kappa shape index (κ1) is 24.2. The van der Waals surface area contributed by atoms with Gasteiger partial charge in [0.15, 0.2) is 0 Å². The molecule has 0 radical (unpaired) electrons. The lowest BCUT2D eigenvalue weighted by Crippen LogP contribution is -2.40. The Bertz CT molecular complexity index is 937. The summed E-state index contributed by atoms with van der Waals surface area (Å²) >= 11 is 6.19. The maximum absolute atomic E-state index is 12.3. The number of hydrogen-bond acceptors (Lipinski definition) is 4. The number of rotatable bonds is 8. The summed E-state index contributed by atoms with van der Waals surface area (Å²) in [6, 6.07) is 11.7. The van der Waals surface area contributed by atoms with Crippen LogP contribution in [-0.2, 0) is 9.59 Å². The average Bonchev–Trinajstić information content (AvgIpc) is 2.68. The molecule has 0 unspecified atom stereocenters. The van der Waals surface area contributed by atoms with E-state index in [9.17, 15) is 14.4 Å². The number of carbonyl (C=O) groups excluding carboxylic acids is 3. The Labute approximate surface area is 187 Å². The fourth-order valence-corrected chi connectivity index (χ4v) is 2.87. The SMILES string of the molecule is CCCC(=O)Nc1ccc(Cl)c(NCC(=O)Nc2ccc(C(=O)NC(C)(C)C)cc2)c1. The van der Waals surface area contributed by atoms with Gasteiger partial charge in [-0.3, -0.25) is 14.4 Å². The lowest BCUT2D eigenvalue weighted by atomic mass is 10.1. The summed E-state index contributed by atoms with van der Waals surface area (Å²) in [5.41, 5.74) is 1.91. The average molecular weight is 445 g/mol. The molecular formula is C23H29ClN4O3. The summed E-state index contributed by atoms with van der Waals surface area (Å²) in [6.07, 6.45) is 1.19. The Morgan fingerprint density at radius 1 is 0.903 bits per heavy atom. The maximum atomic E-state index is 12.3. The molecule has 0 fully saturated rings. The number of halogens is 1. The number of benzene rings is 2. The van der Waals surface area contributed by atoms with Crippen molar-refractivity contribution >= 4 is 46.4 Å². The van der Waals surface area contributed by atoms with Gasteiger partial charge < -0.3 is 21.3 Å². The van der Waals surface area contributed by atoms with Gasteiger partial charge in [0.1, 0.15) is 0 Å². The molecule has 8 heteroatoms. The first-order valence-electron chi connectivity index (χ1n) is 10.1. The van der Waals surface area contributed by atoms with Crippen molar-refractivity contribution < 1.29 is 14.4 Å². The molecule has 0 aliphatic heterocycles. The molecule has 2 aromatic rings. The third kappa shape index (κ3) is 8.30. The summed E-state index contributed by atoms with van der Waals surface area (Å²) in [5.74, 6) is -0.524. The van der Waals surface area contributed by atoms with Crippen molar-refractivity contribution in [3.8, 4) is 0 Å². The van der Waals surface area contributed by atoms with Crippen LogP contribution in [0.5, 0.6) is 0 Å². The first-order chi connectivity index (χ1) is 14.6. The second-order valence-corrected chi connectivity index (χ2v) is 8.58. The van der Waals surface area contributed by atoms with Crippen LogP contribution in [0.4, 0.5) is 17.1 Å². The van der Waals surface area contributed by atoms with E-state index < -0.39 is 0 Å². The fourth-order valence-electron chi connectivity index (χ4n) is 2.69. The zero-order chi connectivity index (χ0) is 23.0. The van der Waals surface area contributed by atoms with Crippen molar-refractivity contribution in [1.29, 1.82) is 0 Å². The highest BCUT2D eigenvalue weighted by Gasteiger charge is 2.15. The number of anilines is 3. The van der Waals surface area contributed by atoms with Gasteiger partial charge in [-0.15, -0.1) is 0 Å². The normalized spacial score (nSPS) is 10.9. The Balaban J connectivity index is 1.92. The highest BCUT2D eigenvalue weighted by Crippen LogP contribution is 2.25. The van der Waals surface area contributed by atoms with E-state index in [0.29, 0.717) is 34.1 Å². The summed E-state index contributed by atoms with van der Waals surface area (Å²) in [4.78, 5) is 36.2. The van der Waals surface area contributed by atoms with Crippen LogP contribution in [0.15, 0.2) is 42.5 Å². The molecule has 0 spiro atoms. The fraction of sp³-hybridized carbons (Fsp3) is 0.348. The third-order valence-corrected chi connectivity index (χ3v) is 4.42. The van der Waals surface area contributed by atoms with Crippen LogP contribution < -0.4 is 21.3 Å². The molecule has 0 aromatic heterocycles. The van der Waals surface area contributed by atoms with Crippen molar-refractivity contribution in [3.05, 3.63) is 53.1 Å². The van der Waals surface area contributed by atoms with Crippen LogP contribution in [0.25, 0.3) is 0 Å². The van der Waals surface area contributed by atoms with Gasteiger partial charge in [-0.25, -0.2) is 0 Å². The molecule has 0 atom stereocenters. The van der Waals surface area contributed by atoms with Crippen LogP contribution in [-0.4, -0.2) is 29.8 Å². The van der Waals surface area contributed by atoms with Crippen molar-refractivity contribution in [2.45, 2.75) is 46.1 Å². The minimum Gasteiger partial charge on any atom is -0.375 e. The molecule has 3 amide bonds. The number of carbonyl (C=O) groups is 3. The molecular weight excluding hydrogens is 416 g/mol. The second-order valence-electron chi connectivity index (χ2n) is 8.18. The molecule has 0 saturated heterocycles. The first-order valence-corrected chi connectivity index (χ1v) is 10.5. The molecule has 0 aliphatic carbocycles. The predicted octanol–water partition coefficient (Wildman–Crippen LogP) is 4.66. The summed E-state index contributed by atoms with van der Waals surface area (Å²) in [7, 11) is 0. The van der Waals surface area contributed by atoms with Crippen molar-refractivity contribution in [1.82, 2.24) is 5.32 Å². The highest BCUT2D eigenvalue weighted by atomic mass is 35.5. The van der Waals surface area contributed by atoms with E-state index in [2.05, 4.69) is 21.3 Å². The van der Waals surface area contributed by atoms with Crippen LogP contribution >= 0.6 is 11.6 Å². The Kier molecular flexibility index (Phi) is 8.45. The van der Waals surface area contributed by atoms with E-state index in [1.807, 2.05) is 27.7 Å². The maximum Gasteiger partial charge on any atom is 0.251 e. The molecule has 2 aromatic carbocycles. The Morgan fingerprint density at radius 3 is 2.13 bits per heavy atom. The number of hydrogen-bond donors (Lipinski definition) is 4. The van der Waals surface area contributed by atoms with E-state index in [4.69, 9.17) is 11.6 Å². The van der Waals surface area contributed by atoms with Gasteiger partial charge in [0.25, 0.3) is 5.91 Å². The van der Waals surface area contributed by atoms with Gasteiger partial charge in [-0.05, 0) is 69.7 Å². The molecule has 31 heavy (non-hydrogen) atoms. The van der Waals surface area contributed by atoms with Crippen molar-refractivity contribution in [2.75, 3.05) is 22.5 Å². The van der Waals surface area contributed by atoms with Crippen LogP contribution in [0, 0.1) is 0 Å². The molecule has 2 rings (SSSR count). The van der Waals surface area contributed by atoms with Gasteiger partial charge in [0.05, 0.1) is 17.3 Å². The van der Waals surface area contributed by atoms with E-state index >= 15 is 0 Å². The van der Waals surface area contributed by atoms with Crippen LogP contribution in [0.1, 0.15) is 50.9 Å². The van der Waals surface area contributed by atoms with E-state index in [1.165, 1.54) is 0 Å². The minimum atomic E-state index is -0.326. The van der Waals surface area contributed by atoms with E-state index in [-0.39, 0.29) is 29.8 Å². The molecule has 0 aliphatic rings. The molecule has 0 bridgehead atoms. The molecule has 4 N–H and O–H groups in total. The molecule has 7 nitrogen and oxygen atoms in total. The minimum absolute atomic E-state index is 0.0155. The monoisotopic (exact) mass is 444 g/mol. The van der Waals surface area contributed by atoms with Gasteiger partial charge in [-0.2, -0.15) is 0 Å². The standard InChI is InChI=1S/C23H29ClN4O3/c1-5-6-20(29)27-17-11-12-18(24)19(13-17)25-14-21(30)26-16-9-7-15(8-10-16)22(31)28-23(2,3)4/h7-13,25H,5-6,14H2,1-4H3,(H,26,30)(H,27,29)(H,28,31). The predicted molar refractivity (Wildman–Crippen MR) is 126 cm³/mol. The number of nitrogens with one attached hydrogen (secondary N) is 4. The van der Waals surface area contributed by atoms with E-state index in [0.717, 1.165) is 6.42 Å². The summed E-state index contributed by atoms with van der Waals surface area (Å²) in [5, 5.41) is 11.9. The van der Waals surface area contributed by atoms with Crippen molar-refractivity contribution in [2.24, 2.45) is 0 Å². The summed E-state index contributed by atoms with van der Waals surface area (Å²) in [6.45, 7) is 7.65. The van der Waals surface area contributed by atoms with Gasteiger partial charge >= 0.3 is 0 Å². The quantitative estimate of drug-likeness (QED) is 0.476. The third-order valence-electron chi connectivity index (χ3n) is 4.09. The van der Waals surface area contributed by atoms with Crippen LogP contribution in [0.3, 0.4) is 0 Å². The Hall–Kier alpha value is -3.06. The zero-order valence-electron chi connectivity index (χ0n) is 18.3. The van der Waals surface area contributed by atoms with Gasteiger partial charge in [-0.1, -0.05) is 18.5 Å². The summed E-state index contributed by atoms with van der Waals surface area (Å²) < 4.78 is 0. The smallest absolute Gasteiger partial charge is 0.251 e. The van der Waals surface area contributed by atoms with E-state index in [1.54, 1.807) is 42.5 Å². The molecule has 0 saturated carbocycles. The van der Waals surface area contributed by atoms with Crippen LogP contribution in [0.2, 0.25) is 5.02 Å². The molecule has 0 heterocycles. The Morgan fingerprint density at radius 2 is 1.52 bits per heavy atom. The number of amides is 3. The highest BCUT2D eigenvalue weighted by molar-refractivity contribution is 6.33. The zero-order valence-corrected chi connectivity index (χ0v) is 19.0. The topological polar surface area (TPSA) is 99.3 Å². The lowest BCUT2D eigenvalue weighted by molar-refractivity contribution is -0.116. The van der Waals surface area contributed by atoms with Crippen molar-refractivity contribution in [3.63, 3.8) is 0 Å². The lowest BCUT2D eigenvalue weighted by Gasteiger charge is -2.20. The van der Waals surface area contributed by atoms with Gasteiger partial charge in [0, 0.05) is 28.9 Å². The second kappa shape index (κ2) is 10.8.